The topological polar surface area (TPSA) is 35.2 Å². The molecule has 1 aliphatic heterocycles. The molecule has 1 aliphatic rings. The molecule has 4 heteroatoms. The Balaban J connectivity index is 1.86. The van der Waals surface area contributed by atoms with Gasteiger partial charge in [0.1, 0.15) is 5.75 Å². The van der Waals surface area contributed by atoms with Crippen molar-refractivity contribution < 1.29 is 4.74 Å². The first kappa shape index (κ1) is 14.7. The second-order valence-corrected chi connectivity index (χ2v) is 6.52. The molecule has 0 spiro atoms. The molecule has 0 radical (unpaired) electrons. The summed E-state index contributed by atoms with van der Waals surface area (Å²) in [6, 6.07) is 13.9. The van der Waals surface area contributed by atoms with E-state index in [0.717, 1.165) is 24.2 Å². The van der Waals surface area contributed by atoms with Crippen LogP contribution in [0.1, 0.15) is 11.1 Å². The minimum atomic E-state index is -0.0918. The quantitative estimate of drug-likeness (QED) is 0.923. The van der Waals surface area contributed by atoms with Crippen molar-refractivity contribution in [3.05, 3.63) is 63.6 Å². The summed E-state index contributed by atoms with van der Waals surface area (Å²) in [7, 11) is 0. The van der Waals surface area contributed by atoms with Gasteiger partial charge < -0.3 is 10.5 Å². The highest BCUT2D eigenvalue weighted by molar-refractivity contribution is 6.42. The molecule has 0 aliphatic carbocycles. The van der Waals surface area contributed by atoms with Crippen molar-refractivity contribution >= 4 is 23.2 Å². The summed E-state index contributed by atoms with van der Waals surface area (Å²) in [5, 5.41) is 1.16. The molecule has 2 N–H and O–H groups in total. The van der Waals surface area contributed by atoms with Crippen LogP contribution in [0.3, 0.4) is 0 Å². The molecule has 1 unspecified atom stereocenters. The van der Waals surface area contributed by atoms with Crippen LogP contribution in [0, 0.1) is 5.41 Å². The molecule has 0 fully saturated rings. The van der Waals surface area contributed by atoms with Gasteiger partial charge in [0.05, 0.1) is 16.7 Å². The van der Waals surface area contributed by atoms with Gasteiger partial charge in [0, 0.05) is 12.0 Å². The third kappa shape index (κ3) is 3.03. The van der Waals surface area contributed by atoms with Gasteiger partial charge in [-0.25, -0.2) is 0 Å². The van der Waals surface area contributed by atoms with E-state index in [1.165, 1.54) is 5.56 Å². The lowest BCUT2D eigenvalue weighted by atomic mass is 9.76. The molecule has 1 heterocycles. The van der Waals surface area contributed by atoms with Crippen LogP contribution < -0.4 is 10.5 Å². The van der Waals surface area contributed by atoms with E-state index in [4.69, 9.17) is 33.7 Å². The predicted octanol–water partition coefficient (Wildman–Crippen LogP) is 4.12. The number of ether oxygens (including phenoxy) is 1. The van der Waals surface area contributed by atoms with Crippen LogP contribution in [-0.4, -0.2) is 13.2 Å². The van der Waals surface area contributed by atoms with E-state index in [1.807, 2.05) is 36.4 Å². The van der Waals surface area contributed by atoms with Gasteiger partial charge in [-0.05, 0) is 42.2 Å². The molecule has 2 aromatic carbocycles. The first-order valence-electron chi connectivity index (χ1n) is 6.97. The lowest BCUT2D eigenvalue weighted by molar-refractivity contribution is 0.126. The van der Waals surface area contributed by atoms with Gasteiger partial charge in [0.15, 0.2) is 0 Å². The minimum Gasteiger partial charge on any atom is -0.493 e. The van der Waals surface area contributed by atoms with Crippen molar-refractivity contribution in [3.63, 3.8) is 0 Å². The predicted molar refractivity (Wildman–Crippen MR) is 87.3 cm³/mol. The molecule has 0 bridgehead atoms. The van der Waals surface area contributed by atoms with E-state index in [1.54, 1.807) is 0 Å². The van der Waals surface area contributed by atoms with Gasteiger partial charge in [-0.1, -0.05) is 47.5 Å². The maximum absolute atomic E-state index is 6.11. The highest BCUT2D eigenvalue weighted by Gasteiger charge is 2.35. The number of nitrogens with two attached hydrogens (primary N) is 1. The monoisotopic (exact) mass is 321 g/mol. The third-order valence-corrected chi connectivity index (χ3v) is 4.81. The van der Waals surface area contributed by atoms with Crippen LogP contribution in [0.25, 0.3) is 0 Å². The van der Waals surface area contributed by atoms with E-state index in [0.29, 0.717) is 23.2 Å². The van der Waals surface area contributed by atoms with Crippen molar-refractivity contribution in [2.24, 2.45) is 11.1 Å². The van der Waals surface area contributed by atoms with Gasteiger partial charge >= 0.3 is 0 Å². The van der Waals surface area contributed by atoms with E-state index >= 15 is 0 Å². The SMILES string of the molecule is NCC1(Cc2ccc(Cl)c(Cl)c2)COc2ccccc2C1. The van der Waals surface area contributed by atoms with Gasteiger partial charge in [0.25, 0.3) is 0 Å². The minimum absolute atomic E-state index is 0.0918. The van der Waals surface area contributed by atoms with Crippen LogP contribution in [0.2, 0.25) is 10.0 Å². The largest absolute Gasteiger partial charge is 0.493 e. The fourth-order valence-electron chi connectivity index (χ4n) is 2.88. The Morgan fingerprint density at radius 3 is 2.67 bits per heavy atom. The molecule has 0 saturated carbocycles. The smallest absolute Gasteiger partial charge is 0.122 e. The summed E-state index contributed by atoms with van der Waals surface area (Å²) in [6.07, 6.45) is 1.74. The summed E-state index contributed by atoms with van der Waals surface area (Å²) in [5.74, 6) is 0.968. The standard InChI is InChI=1S/C17H17Cl2NO/c18-14-6-5-12(7-15(14)19)8-17(10-20)9-13-3-1-2-4-16(13)21-11-17/h1-7H,8-11,20H2. The van der Waals surface area contributed by atoms with Crippen molar-refractivity contribution in [2.75, 3.05) is 13.2 Å². The number of hydrogen-bond donors (Lipinski definition) is 1. The Labute approximate surface area is 134 Å². The Bertz CT molecular complexity index is 659. The summed E-state index contributed by atoms with van der Waals surface area (Å²) in [4.78, 5) is 0. The number of para-hydroxylation sites is 1. The van der Waals surface area contributed by atoms with Crippen LogP contribution in [0.15, 0.2) is 42.5 Å². The molecule has 2 aromatic rings. The molecule has 110 valence electrons. The number of benzene rings is 2. The average Bonchev–Trinajstić information content (AvgIpc) is 2.51. The Morgan fingerprint density at radius 1 is 1.10 bits per heavy atom. The molecule has 0 saturated heterocycles. The van der Waals surface area contributed by atoms with Crippen molar-refractivity contribution in [2.45, 2.75) is 12.8 Å². The molecular weight excluding hydrogens is 305 g/mol. The van der Waals surface area contributed by atoms with E-state index in [-0.39, 0.29) is 5.41 Å². The Kier molecular flexibility index (Phi) is 4.12. The first-order chi connectivity index (χ1) is 10.1. The van der Waals surface area contributed by atoms with Gasteiger partial charge in [0.2, 0.25) is 0 Å². The number of fused-ring (bicyclic) bond motifs is 1. The maximum Gasteiger partial charge on any atom is 0.122 e. The molecule has 2 nitrogen and oxygen atoms in total. The Morgan fingerprint density at radius 2 is 1.90 bits per heavy atom. The van der Waals surface area contributed by atoms with E-state index < -0.39 is 0 Å². The summed E-state index contributed by atoms with van der Waals surface area (Å²) in [6.45, 7) is 1.20. The summed E-state index contributed by atoms with van der Waals surface area (Å²) in [5.41, 5.74) is 8.33. The van der Waals surface area contributed by atoms with E-state index in [2.05, 4.69) is 6.07 Å². The zero-order valence-corrected chi connectivity index (χ0v) is 13.1. The van der Waals surface area contributed by atoms with Crippen LogP contribution >= 0.6 is 23.2 Å². The molecule has 0 amide bonds. The average molecular weight is 322 g/mol. The van der Waals surface area contributed by atoms with Gasteiger partial charge in [-0.2, -0.15) is 0 Å². The first-order valence-corrected chi connectivity index (χ1v) is 7.72. The number of rotatable bonds is 3. The highest BCUT2D eigenvalue weighted by Crippen LogP contribution is 2.37. The fraction of sp³-hybridized carbons (Fsp3) is 0.294. The third-order valence-electron chi connectivity index (χ3n) is 4.07. The van der Waals surface area contributed by atoms with Crippen molar-refractivity contribution in [1.82, 2.24) is 0 Å². The normalized spacial score (nSPS) is 20.7. The molecule has 0 aromatic heterocycles. The van der Waals surface area contributed by atoms with Crippen LogP contribution in [-0.2, 0) is 12.8 Å². The molecule has 3 rings (SSSR count). The van der Waals surface area contributed by atoms with Crippen LogP contribution in [0.5, 0.6) is 5.75 Å². The zero-order chi connectivity index (χ0) is 14.9. The second kappa shape index (κ2) is 5.88. The molecule has 1 atom stereocenters. The fourth-order valence-corrected chi connectivity index (χ4v) is 3.20. The number of hydrogen-bond acceptors (Lipinski definition) is 2. The van der Waals surface area contributed by atoms with Crippen molar-refractivity contribution in [1.29, 1.82) is 0 Å². The summed E-state index contributed by atoms with van der Waals surface area (Å²) >= 11 is 12.1. The van der Waals surface area contributed by atoms with Crippen LogP contribution in [0.4, 0.5) is 0 Å². The molecular formula is C17H17Cl2NO. The highest BCUT2D eigenvalue weighted by atomic mass is 35.5. The van der Waals surface area contributed by atoms with Gasteiger partial charge in [-0.3, -0.25) is 0 Å². The molecule has 21 heavy (non-hydrogen) atoms. The Hall–Kier alpha value is -1.22. The van der Waals surface area contributed by atoms with E-state index in [9.17, 15) is 0 Å². The van der Waals surface area contributed by atoms with Gasteiger partial charge in [-0.15, -0.1) is 0 Å². The van der Waals surface area contributed by atoms with Crippen molar-refractivity contribution in [3.8, 4) is 5.75 Å². The maximum atomic E-state index is 6.11. The second-order valence-electron chi connectivity index (χ2n) is 5.70. The summed E-state index contributed by atoms with van der Waals surface area (Å²) < 4.78 is 5.92. The lowest BCUT2D eigenvalue weighted by Gasteiger charge is -2.37. The lowest BCUT2D eigenvalue weighted by Crippen LogP contribution is -2.43. The number of halogens is 2. The zero-order valence-electron chi connectivity index (χ0n) is 11.6.